The zero-order chi connectivity index (χ0) is 21.3. The number of aromatic nitrogens is 5. The van der Waals surface area contributed by atoms with Crippen LogP contribution in [0.25, 0.3) is 5.65 Å². The topological polar surface area (TPSA) is 101 Å². The normalized spacial score (nSPS) is 17.7. The summed E-state index contributed by atoms with van der Waals surface area (Å²) in [6.07, 6.45) is 2.55. The minimum absolute atomic E-state index is 0.0645. The van der Waals surface area contributed by atoms with Crippen molar-refractivity contribution >= 4 is 23.1 Å². The van der Waals surface area contributed by atoms with Crippen LogP contribution in [0, 0.1) is 0 Å². The molecule has 30 heavy (non-hydrogen) atoms. The number of halogens is 3. The molecule has 0 spiro atoms. The van der Waals surface area contributed by atoms with E-state index >= 15 is 0 Å². The molecule has 4 heterocycles. The zero-order valence-electron chi connectivity index (χ0n) is 16.2. The summed E-state index contributed by atoms with van der Waals surface area (Å²) in [7, 11) is 1.35. The van der Waals surface area contributed by atoms with E-state index in [2.05, 4.69) is 31.1 Å². The second-order valence-electron chi connectivity index (χ2n) is 7.20. The maximum atomic E-state index is 13.1. The Morgan fingerprint density at radius 1 is 1.33 bits per heavy atom. The van der Waals surface area contributed by atoms with E-state index < -0.39 is 23.5 Å². The van der Waals surface area contributed by atoms with E-state index in [-0.39, 0.29) is 17.3 Å². The largest absolute Gasteiger partial charge is 0.437 e. The van der Waals surface area contributed by atoms with Crippen LogP contribution in [0.4, 0.5) is 24.7 Å². The van der Waals surface area contributed by atoms with E-state index in [0.717, 1.165) is 43.2 Å². The van der Waals surface area contributed by atoms with Crippen LogP contribution < -0.4 is 16.0 Å². The van der Waals surface area contributed by atoms with Gasteiger partial charge in [0.25, 0.3) is 5.91 Å². The second kappa shape index (κ2) is 7.94. The third-order valence-electron chi connectivity index (χ3n) is 4.86. The summed E-state index contributed by atoms with van der Waals surface area (Å²) >= 11 is 0. The van der Waals surface area contributed by atoms with Crippen LogP contribution in [-0.2, 0) is 13.2 Å². The molecule has 0 unspecified atom stereocenters. The molecule has 160 valence electrons. The molecule has 0 radical (unpaired) electrons. The molecule has 1 fully saturated rings. The monoisotopic (exact) mass is 422 g/mol. The predicted molar refractivity (Wildman–Crippen MR) is 103 cm³/mol. The smallest absolute Gasteiger partial charge is 0.366 e. The Kier molecular flexibility index (Phi) is 5.33. The van der Waals surface area contributed by atoms with Crippen molar-refractivity contribution < 1.29 is 18.0 Å². The molecule has 1 atom stereocenters. The number of nitrogens with one attached hydrogen (secondary N) is 3. The molecule has 1 amide bonds. The first-order chi connectivity index (χ1) is 14.3. The summed E-state index contributed by atoms with van der Waals surface area (Å²) in [5.41, 5.74) is -1.27. The van der Waals surface area contributed by atoms with Crippen LogP contribution >= 0.6 is 0 Å². The highest BCUT2D eigenvalue weighted by Crippen LogP contribution is 2.33. The molecule has 1 aliphatic rings. The van der Waals surface area contributed by atoms with Crippen molar-refractivity contribution in [1.82, 2.24) is 29.7 Å². The van der Waals surface area contributed by atoms with Gasteiger partial charge in [0.05, 0.1) is 11.9 Å². The molecule has 1 aliphatic heterocycles. The van der Waals surface area contributed by atoms with Gasteiger partial charge >= 0.3 is 6.18 Å². The minimum atomic E-state index is -4.69. The lowest BCUT2D eigenvalue weighted by Crippen LogP contribution is -2.31. The first-order valence-electron chi connectivity index (χ1n) is 9.55. The van der Waals surface area contributed by atoms with Gasteiger partial charge in [0, 0.05) is 32.0 Å². The Bertz CT molecular complexity index is 1050. The molecule has 9 nitrogen and oxygen atoms in total. The maximum Gasteiger partial charge on any atom is 0.437 e. The maximum absolute atomic E-state index is 13.1. The van der Waals surface area contributed by atoms with Crippen LogP contribution in [0.2, 0.25) is 0 Å². The van der Waals surface area contributed by atoms with E-state index in [1.165, 1.54) is 17.8 Å². The molecule has 3 N–H and O–H groups in total. The first-order valence-corrected chi connectivity index (χ1v) is 9.55. The van der Waals surface area contributed by atoms with Gasteiger partial charge in [0.1, 0.15) is 11.4 Å². The molecule has 0 aliphatic carbocycles. The lowest BCUT2D eigenvalue weighted by molar-refractivity contribution is -0.140. The third-order valence-corrected chi connectivity index (χ3v) is 4.86. The molecule has 12 heteroatoms. The molecule has 4 rings (SSSR count). The Morgan fingerprint density at radius 3 is 2.97 bits per heavy atom. The number of carbonyl (C=O) groups is 1. The molecular weight excluding hydrogens is 401 g/mol. The van der Waals surface area contributed by atoms with Gasteiger partial charge in [0.2, 0.25) is 0 Å². The summed E-state index contributed by atoms with van der Waals surface area (Å²) in [5.74, 6) is -0.174. The highest BCUT2D eigenvalue weighted by molar-refractivity contribution is 6.08. The quantitative estimate of drug-likeness (QED) is 0.597. The summed E-state index contributed by atoms with van der Waals surface area (Å²) in [5, 5.41) is 16.4. The number of anilines is 2. The highest BCUT2D eigenvalue weighted by Gasteiger charge is 2.37. The molecule has 0 bridgehead atoms. The standard InChI is InChI=1S/C18H21F3N8O/c1-28-10-13(15(27-28)18(19,20)21)25-17(30)12-9-23-29-7-5-14(26-16(12)29)24-11-4-2-3-6-22-8-11/h5,7,9-11,22H,2-4,6,8H2,1H3,(H,24,26)(H,25,30)/t11-/m0/s1. The Balaban J connectivity index is 1.57. The lowest BCUT2D eigenvalue weighted by Gasteiger charge is -2.17. The van der Waals surface area contributed by atoms with Gasteiger partial charge in [-0.25, -0.2) is 9.50 Å². The molecule has 0 saturated carbocycles. The average Bonchev–Trinajstić information content (AvgIpc) is 3.17. The molecule has 3 aromatic rings. The van der Waals surface area contributed by atoms with Gasteiger partial charge in [-0.15, -0.1) is 0 Å². The number of alkyl halides is 3. The summed E-state index contributed by atoms with van der Waals surface area (Å²) < 4.78 is 41.8. The fourth-order valence-corrected chi connectivity index (χ4v) is 3.44. The number of carbonyl (C=O) groups excluding carboxylic acids is 1. The van der Waals surface area contributed by atoms with Crippen molar-refractivity contribution in [3.8, 4) is 0 Å². The summed E-state index contributed by atoms with van der Waals surface area (Å²) in [6.45, 7) is 1.78. The second-order valence-corrected chi connectivity index (χ2v) is 7.20. The number of amides is 1. The van der Waals surface area contributed by atoms with Crippen molar-refractivity contribution in [3.63, 3.8) is 0 Å². The number of fused-ring (bicyclic) bond motifs is 1. The lowest BCUT2D eigenvalue weighted by atomic mass is 10.1. The van der Waals surface area contributed by atoms with E-state index in [1.54, 1.807) is 12.3 Å². The SMILES string of the molecule is Cn1cc(NC(=O)c2cnn3ccc(N[C@H]4CCCCNC4)nc23)c(C(F)(F)F)n1. The van der Waals surface area contributed by atoms with Crippen molar-refractivity contribution in [2.75, 3.05) is 23.7 Å². The van der Waals surface area contributed by atoms with Crippen molar-refractivity contribution in [3.05, 3.63) is 35.9 Å². The van der Waals surface area contributed by atoms with Crippen LogP contribution in [-0.4, -0.2) is 49.4 Å². The van der Waals surface area contributed by atoms with Crippen LogP contribution in [0.15, 0.2) is 24.7 Å². The van der Waals surface area contributed by atoms with E-state index in [4.69, 9.17) is 0 Å². The number of aryl methyl sites for hydroxylation is 1. The van der Waals surface area contributed by atoms with Gasteiger partial charge in [-0.2, -0.15) is 23.4 Å². The summed E-state index contributed by atoms with van der Waals surface area (Å²) in [4.78, 5) is 17.1. The van der Waals surface area contributed by atoms with E-state index in [1.807, 2.05) is 0 Å². The fraction of sp³-hybridized carbons (Fsp3) is 0.444. The highest BCUT2D eigenvalue weighted by atomic mass is 19.4. The molecule has 3 aromatic heterocycles. The van der Waals surface area contributed by atoms with Gasteiger partial charge in [-0.05, 0) is 25.5 Å². The Labute approximate surface area is 169 Å². The molecule has 1 saturated heterocycles. The van der Waals surface area contributed by atoms with Crippen LogP contribution in [0.5, 0.6) is 0 Å². The van der Waals surface area contributed by atoms with Gasteiger partial charge in [0.15, 0.2) is 11.3 Å². The predicted octanol–water partition coefficient (Wildman–Crippen LogP) is 2.29. The van der Waals surface area contributed by atoms with Crippen molar-refractivity contribution in [2.24, 2.45) is 7.05 Å². The first kappa shape index (κ1) is 20.1. The zero-order valence-corrected chi connectivity index (χ0v) is 16.2. The molecule has 0 aromatic carbocycles. The van der Waals surface area contributed by atoms with Gasteiger partial charge < -0.3 is 16.0 Å². The van der Waals surface area contributed by atoms with Crippen molar-refractivity contribution in [1.29, 1.82) is 0 Å². The van der Waals surface area contributed by atoms with E-state index in [9.17, 15) is 18.0 Å². The van der Waals surface area contributed by atoms with Crippen LogP contribution in [0.1, 0.15) is 35.3 Å². The number of hydrogen-bond acceptors (Lipinski definition) is 6. The van der Waals surface area contributed by atoms with Gasteiger partial charge in [-0.3, -0.25) is 9.48 Å². The van der Waals surface area contributed by atoms with Gasteiger partial charge in [-0.1, -0.05) is 6.42 Å². The Hall–Kier alpha value is -3.15. The molecular formula is C18H21F3N8O. The number of nitrogens with zero attached hydrogens (tertiary/aromatic N) is 5. The average molecular weight is 422 g/mol. The number of hydrogen-bond donors (Lipinski definition) is 3. The third kappa shape index (κ3) is 4.22. The minimum Gasteiger partial charge on any atom is -0.366 e. The fourth-order valence-electron chi connectivity index (χ4n) is 3.44. The number of rotatable bonds is 4. The van der Waals surface area contributed by atoms with Crippen LogP contribution in [0.3, 0.4) is 0 Å². The van der Waals surface area contributed by atoms with Crippen molar-refractivity contribution in [2.45, 2.75) is 31.5 Å². The summed E-state index contributed by atoms with van der Waals surface area (Å²) in [6, 6.07) is 1.95. The van der Waals surface area contributed by atoms with E-state index in [0.29, 0.717) is 5.82 Å². The Morgan fingerprint density at radius 2 is 2.17 bits per heavy atom.